The van der Waals surface area contributed by atoms with E-state index in [2.05, 4.69) is 15.3 Å². The predicted octanol–water partition coefficient (Wildman–Crippen LogP) is 2.49. The Hall–Kier alpha value is -3.68. The summed E-state index contributed by atoms with van der Waals surface area (Å²) in [5, 5.41) is 11.8. The van der Waals surface area contributed by atoms with Crippen molar-refractivity contribution in [2.75, 3.05) is 6.61 Å². The number of nitrogens with zero attached hydrogens (tertiary/aromatic N) is 1. The van der Waals surface area contributed by atoms with Crippen LogP contribution in [0.25, 0.3) is 10.9 Å². The molecule has 2 aromatic carbocycles. The van der Waals surface area contributed by atoms with Gasteiger partial charge in [0.2, 0.25) is 0 Å². The van der Waals surface area contributed by atoms with E-state index in [1.54, 1.807) is 36.4 Å². The Balaban J connectivity index is 1.56. The third-order valence-corrected chi connectivity index (χ3v) is 4.23. The number of unbranched alkanes of at least 4 members (excludes halogenated alkanes) is 1. The molecule has 1 heterocycles. The molecule has 0 aliphatic rings. The molecule has 0 fully saturated rings. The van der Waals surface area contributed by atoms with Gasteiger partial charge in [0.25, 0.3) is 11.5 Å². The summed E-state index contributed by atoms with van der Waals surface area (Å²) in [6.07, 6.45) is 1.33. The van der Waals surface area contributed by atoms with Crippen LogP contribution in [0, 0.1) is 0 Å². The minimum atomic E-state index is -0.815. The van der Waals surface area contributed by atoms with E-state index in [4.69, 9.17) is 9.84 Å². The van der Waals surface area contributed by atoms with Gasteiger partial charge in [-0.25, -0.2) is 4.98 Å². The third-order valence-electron chi connectivity index (χ3n) is 4.23. The summed E-state index contributed by atoms with van der Waals surface area (Å²) in [5.41, 5.74) is 0.920. The molecule has 0 atom stereocenters. The number of aliphatic carboxylic acids is 1. The first kappa shape index (κ1) is 20.1. The fourth-order valence-corrected chi connectivity index (χ4v) is 2.77. The minimum absolute atomic E-state index is 0.0421. The van der Waals surface area contributed by atoms with Gasteiger partial charge in [0.1, 0.15) is 5.75 Å². The fourth-order valence-electron chi connectivity index (χ4n) is 2.77. The quantitative estimate of drug-likeness (QED) is 0.479. The van der Waals surface area contributed by atoms with Gasteiger partial charge in [-0.05, 0) is 42.7 Å². The van der Waals surface area contributed by atoms with Crippen molar-refractivity contribution in [1.82, 2.24) is 15.3 Å². The molecular weight excluding hydrogens is 374 g/mol. The van der Waals surface area contributed by atoms with E-state index in [0.29, 0.717) is 36.1 Å². The maximum absolute atomic E-state index is 12.4. The second-order valence-electron chi connectivity index (χ2n) is 6.46. The summed E-state index contributed by atoms with van der Waals surface area (Å²) < 4.78 is 5.62. The molecule has 1 aromatic heterocycles. The topological polar surface area (TPSA) is 121 Å². The van der Waals surface area contributed by atoms with Crippen LogP contribution < -0.4 is 15.6 Å². The molecule has 8 nitrogen and oxygen atoms in total. The largest absolute Gasteiger partial charge is 0.494 e. The van der Waals surface area contributed by atoms with Gasteiger partial charge in [-0.2, -0.15) is 0 Å². The Kier molecular flexibility index (Phi) is 6.57. The van der Waals surface area contributed by atoms with Crippen LogP contribution >= 0.6 is 0 Å². The van der Waals surface area contributed by atoms with Crippen LogP contribution in [-0.4, -0.2) is 33.6 Å². The Labute approximate surface area is 166 Å². The summed E-state index contributed by atoms with van der Waals surface area (Å²) >= 11 is 0. The van der Waals surface area contributed by atoms with Gasteiger partial charge in [0.15, 0.2) is 5.82 Å². The van der Waals surface area contributed by atoms with Crippen molar-refractivity contribution >= 4 is 22.8 Å². The summed E-state index contributed by atoms with van der Waals surface area (Å²) in [4.78, 5) is 41.7. The SMILES string of the molecule is O=C(O)CCCCOc1cccc(CNC(=O)c2nc3ccccc3c(=O)[nH]2)c1. The van der Waals surface area contributed by atoms with Crippen LogP contribution in [0.15, 0.2) is 53.3 Å². The van der Waals surface area contributed by atoms with Crippen molar-refractivity contribution in [3.63, 3.8) is 0 Å². The highest BCUT2D eigenvalue weighted by Crippen LogP contribution is 2.14. The van der Waals surface area contributed by atoms with E-state index in [1.165, 1.54) is 0 Å². The van der Waals surface area contributed by atoms with Gasteiger partial charge in [-0.15, -0.1) is 0 Å². The zero-order chi connectivity index (χ0) is 20.6. The number of H-pyrrole nitrogens is 1. The van der Waals surface area contributed by atoms with Crippen LogP contribution in [0.5, 0.6) is 5.75 Å². The predicted molar refractivity (Wildman–Crippen MR) is 107 cm³/mol. The molecule has 0 saturated heterocycles. The first-order valence-electron chi connectivity index (χ1n) is 9.24. The van der Waals surface area contributed by atoms with Crippen molar-refractivity contribution in [2.24, 2.45) is 0 Å². The highest BCUT2D eigenvalue weighted by atomic mass is 16.5. The average Bonchev–Trinajstić information content (AvgIpc) is 2.72. The molecule has 3 aromatic rings. The van der Waals surface area contributed by atoms with Gasteiger partial charge in [-0.1, -0.05) is 24.3 Å². The molecule has 150 valence electrons. The first-order valence-corrected chi connectivity index (χ1v) is 9.24. The van der Waals surface area contributed by atoms with Gasteiger partial charge >= 0.3 is 5.97 Å². The van der Waals surface area contributed by atoms with Gasteiger partial charge < -0.3 is 20.1 Å². The Morgan fingerprint density at radius 2 is 1.93 bits per heavy atom. The number of carboxylic acid groups (broad SMARTS) is 1. The smallest absolute Gasteiger partial charge is 0.303 e. The number of hydrogen-bond donors (Lipinski definition) is 3. The van der Waals surface area contributed by atoms with E-state index < -0.39 is 11.9 Å². The Morgan fingerprint density at radius 3 is 2.76 bits per heavy atom. The molecule has 29 heavy (non-hydrogen) atoms. The minimum Gasteiger partial charge on any atom is -0.494 e. The third kappa shape index (κ3) is 5.65. The molecule has 0 bridgehead atoms. The van der Waals surface area contributed by atoms with Crippen molar-refractivity contribution < 1.29 is 19.4 Å². The van der Waals surface area contributed by atoms with Gasteiger partial charge in [-0.3, -0.25) is 14.4 Å². The number of rotatable bonds is 9. The second kappa shape index (κ2) is 9.50. The standard InChI is InChI=1S/C21H21N3O5/c25-18(26)10-3-4-11-29-15-7-5-6-14(12-15)13-22-21(28)19-23-17-9-2-1-8-16(17)20(27)24-19/h1-2,5-9,12H,3-4,10-11,13H2,(H,22,28)(H,25,26)(H,23,24,27). The molecule has 1 amide bonds. The maximum Gasteiger partial charge on any atom is 0.303 e. The lowest BCUT2D eigenvalue weighted by molar-refractivity contribution is -0.137. The van der Waals surface area contributed by atoms with Crippen LogP contribution in [0.1, 0.15) is 35.4 Å². The number of ether oxygens (including phenoxy) is 1. The first-order chi connectivity index (χ1) is 14.0. The second-order valence-corrected chi connectivity index (χ2v) is 6.46. The number of hydrogen-bond acceptors (Lipinski definition) is 5. The maximum atomic E-state index is 12.4. The number of fused-ring (bicyclic) bond motifs is 1. The molecule has 0 unspecified atom stereocenters. The molecule has 8 heteroatoms. The number of amides is 1. The van der Waals surface area contributed by atoms with Crippen LogP contribution in [-0.2, 0) is 11.3 Å². The van der Waals surface area contributed by atoms with E-state index >= 15 is 0 Å². The number of aromatic amines is 1. The lowest BCUT2D eigenvalue weighted by Crippen LogP contribution is -2.27. The van der Waals surface area contributed by atoms with E-state index in [1.807, 2.05) is 12.1 Å². The number of carbonyl (C=O) groups is 2. The molecule has 0 radical (unpaired) electrons. The monoisotopic (exact) mass is 395 g/mol. The van der Waals surface area contributed by atoms with Gasteiger partial charge in [0, 0.05) is 13.0 Å². The van der Waals surface area contributed by atoms with Crippen molar-refractivity contribution in [3.8, 4) is 5.75 Å². The molecular formula is C21H21N3O5. The summed E-state index contributed by atoms with van der Waals surface area (Å²) in [7, 11) is 0. The number of benzene rings is 2. The highest BCUT2D eigenvalue weighted by molar-refractivity contribution is 5.92. The van der Waals surface area contributed by atoms with E-state index in [9.17, 15) is 14.4 Å². The summed E-state index contributed by atoms with van der Waals surface area (Å²) in [6, 6.07) is 14.1. The molecule has 0 spiro atoms. The zero-order valence-corrected chi connectivity index (χ0v) is 15.7. The summed E-state index contributed by atoms with van der Waals surface area (Å²) in [6.45, 7) is 0.664. The normalized spacial score (nSPS) is 10.6. The number of aromatic nitrogens is 2. The van der Waals surface area contributed by atoms with Crippen LogP contribution in [0.2, 0.25) is 0 Å². The Morgan fingerprint density at radius 1 is 1.10 bits per heavy atom. The number of para-hydroxylation sites is 1. The number of carboxylic acids is 1. The average molecular weight is 395 g/mol. The molecule has 0 saturated carbocycles. The lowest BCUT2D eigenvalue weighted by atomic mass is 10.2. The zero-order valence-electron chi connectivity index (χ0n) is 15.7. The van der Waals surface area contributed by atoms with Gasteiger partial charge in [0.05, 0.1) is 17.5 Å². The van der Waals surface area contributed by atoms with Crippen LogP contribution in [0.4, 0.5) is 0 Å². The number of carbonyl (C=O) groups excluding carboxylic acids is 1. The molecule has 0 aliphatic heterocycles. The highest BCUT2D eigenvalue weighted by Gasteiger charge is 2.11. The van der Waals surface area contributed by atoms with Crippen molar-refractivity contribution in [2.45, 2.75) is 25.8 Å². The fraction of sp³-hybridized carbons (Fsp3) is 0.238. The summed E-state index contributed by atoms with van der Waals surface area (Å²) in [5.74, 6) is -0.693. The molecule has 3 rings (SSSR count). The van der Waals surface area contributed by atoms with Crippen molar-refractivity contribution in [3.05, 3.63) is 70.3 Å². The van der Waals surface area contributed by atoms with Crippen molar-refractivity contribution in [1.29, 1.82) is 0 Å². The molecule has 3 N–H and O–H groups in total. The lowest BCUT2D eigenvalue weighted by Gasteiger charge is -2.09. The van der Waals surface area contributed by atoms with E-state index in [0.717, 1.165) is 5.56 Å². The number of nitrogens with one attached hydrogen (secondary N) is 2. The van der Waals surface area contributed by atoms with E-state index in [-0.39, 0.29) is 24.3 Å². The van der Waals surface area contributed by atoms with Crippen LogP contribution in [0.3, 0.4) is 0 Å². The molecule has 0 aliphatic carbocycles. The Bertz CT molecular complexity index is 1080.